The van der Waals surface area contributed by atoms with Crippen molar-refractivity contribution in [2.45, 2.75) is 12.8 Å². The minimum absolute atomic E-state index is 0.287. The molecule has 0 spiro atoms. The molecule has 4 heteroatoms. The van der Waals surface area contributed by atoms with E-state index in [0.717, 1.165) is 37.2 Å². The number of carbonyl (C=O) groups excluding carboxylic acids is 1. The van der Waals surface area contributed by atoms with Crippen molar-refractivity contribution in [1.82, 2.24) is 0 Å². The summed E-state index contributed by atoms with van der Waals surface area (Å²) in [5, 5.41) is 9.24. The van der Waals surface area contributed by atoms with Crippen molar-refractivity contribution in [2.24, 2.45) is 0 Å². The van der Waals surface area contributed by atoms with Gasteiger partial charge in [0.1, 0.15) is 6.07 Å². The molecule has 0 aromatic heterocycles. The Morgan fingerprint density at radius 3 is 2.78 bits per heavy atom. The molecule has 4 nitrogen and oxygen atoms in total. The first-order chi connectivity index (χ1) is 11.3. The minimum atomic E-state index is -0.287. The minimum Gasteiger partial charge on any atom is -0.462 e. The molecule has 116 valence electrons. The van der Waals surface area contributed by atoms with Crippen molar-refractivity contribution in [3.05, 3.63) is 65.2 Å². The molecule has 1 aliphatic heterocycles. The third kappa shape index (κ3) is 3.35. The third-order valence-corrected chi connectivity index (χ3v) is 4.02. The molecule has 0 fully saturated rings. The highest BCUT2D eigenvalue weighted by Crippen LogP contribution is 2.31. The summed E-state index contributed by atoms with van der Waals surface area (Å²) >= 11 is 0. The lowest BCUT2D eigenvalue weighted by Gasteiger charge is -2.20. The first-order valence-corrected chi connectivity index (χ1v) is 7.78. The van der Waals surface area contributed by atoms with E-state index < -0.39 is 0 Å². The molecule has 1 heterocycles. The zero-order valence-electron chi connectivity index (χ0n) is 12.9. The van der Waals surface area contributed by atoms with Crippen LogP contribution in [0.3, 0.4) is 0 Å². The van der Waals surface area contributed by atoms with Crippen LogP contribution in [0, 0.1) is 11.3 Å². The largest absolute Gasteiger partial charge is 0.462 e. The van der Waals surface area contributed by atoms with Crippen LogP contribution in [0.1, 0.15) is 27.9 Å². The second kappa shape index (κ2) is 6.97. The summed E-state index contributed by atoms with van der Waals surface area (Å²) in [4.78, 5) is 14.1. The highest BCUT2D eigenvalue weighted by Gasteiger charge is 2.21. The monoisotopic (exact) mass is 306 g/mol. The van der Waals surface area contributed by atoms with Gasteiger partial charge in [0.25, 0.3) is 0 Å². The first kappa shape index (κ1) is 15.1. The molecule has 0 N–H and O–H groups in total. The van der Waals surface area contributed by atoms with Gasteiger partial charge in [-0.05, 0) is 36.6 Å². The summed E-state index contributed by atoms with van der Waals surface area (Å²) in [6, 6.07) is 17.1. The molecule has 23 heavy (non-hydrogen) atoms. The van der Waals surface area contributed by atoms with Gasteiger partial charge in [0.05, 0.1) is 23.4 Å². The maximum atomic E-state index is 11.9. The van der Waals surface area contributed by atoms with Crippen molar-refractivity contribution >= 4 is 11.7 Å². The van der Waals surface area contributed by atoms with Crippen LogP contribution in [-0.4, -0.2) is 25.7 Å². The lowest BCUT2D eigenvalue weighted by Crippen LogP contribution is -2.24. The Kier molecular flexibility index (Phi) is 4.58. The number of rotatable bonds is 5. The van der Waals surface area contributed by atoms with Crippen LogP contribution in [0.2, 0.25) is 0 Å². The first-order valence-electron chi connectivity index (χ1n) is 7.78. The maximum absolute atomic E-state index is 11.9. The molecule has 0 saturated carbocycles. The Balaban J connectivity index is 1.52. The Bertz CT molecular complexity index is 735. The van der Waals surface area contributed by atoms with Gasteiger partial charge in [0.15, 0.2) is 0 Å². The van der Waals surface area contributed by atoms with Crippen LogP contribution in [0.25, 0.3) is 0 Å². The lowest BCUT2D eigenvalue weighted by atomic mass is 10.1. The van der Waals surface area contributed by atoms with Crippen molar-refractivity contribution < 1.29 is 9.53 Å². The van der Waals surface area contributed by atoms with E-state index in [2.05, 4.69) is 17.0 Å². The van der Waals surface area contributed by atoms with Gasteiger partial charge < -0.3 is 9.64 Å². The molecule has 1 aliphatic rings. The van der Waals surface area contributed by atoms with Gasteiger partial charge in [-0.3, -0.25) is 0 Å². The Morgan fingerprint density at radius 1 is 1.17 bits per heavy atom. The van der Waals surface area contributed by atoms with Gasteiger partial charge in [-0.1, -0.05) is 30.3 Å². The summed E-state index contributed by atoms with van der Waals surface area (Å²) < 4.78 is 5.30. The number of hydrogen-bond donors (Lipinski definition) is 0. The van der Waals surface area contributed by atoms with Crippen LogP contribution < -0.4 is 4.90 Å². The summed E-state index contributed by atoms with van der Waals surface area (Å²) in [7, 11) is 0. The summed E-state index contributed by atoms with van der Waals surface area (Å²) in [6.45, 7) is 2.09. The quantitative estimate of drug-likeness (QED) is 0.629. The zero-order chi connectivity index (χ0) is 16.1. The molecular formula is C19H18N2O2. The van der Waals surface area contributed by atoms with Gasteiger partial charge in [0.2, 0.25) is 0 Å². The number of anilines is 1. The summed E-state index contributed by atoms with van der Waals surface area (Å²) in [5.74, 6) is -0.287. The predicted octanol–water partition coefficient (Wildman–Crippen LogP) is 3.17. The molecule has 0 unspecified atom stereocenters. The fraction of sp³-hybridized carbons (Fsp3) is 0.263. The van der Waals surface area contributed by atoms with E-state index in [0.29, 0.717) is 12.2 Å². The Morgan fingerprint density at radius 2 is 2.00 bits per heavy atom. The number of nitrogens with zero attached hydrogens (tertiary/aromatic N) is 2. The van der Waals surface area contributed by atoms with E-state index in [4.69, 9.17) is 4.74 Å². The van der Waals surface area contributed by atoms with Crippen molar-refractivity contribution in [1.29, 1.82) is 5.26 Å². The Labute approximate surface area is 135 Å². The summed E-state index contributed by atoms with van der Waals surface area (Å²) in [5.41, 5.74) is 3.57. The molecule has 0 aliphatic carbocycles. The lowest BCUT2D eigenvalue weighted by molar-refractivity contribution is 0.0502. The van der Waals surface area contributed by atoms with Gasteiger partial charge in [-0.2, -0.15) is 5.26 Å². The molecule has 0 radical (unpaired) electrons. The number of carbonyl (C=O) groups is 1. The maximum Gasteiger partial charge on any atom is 0.338 e. The number of benzene rings is 2. The molecule has 0 saturated heterocycles. The van der Waals surface area contributed by atoms with Crippen LogP contribution in [0.15, 0.2) is 48.5 Å². The average molecular weight is 306 g/mol. The van der Waals surface area contributed by atoms with E-state index in [1.807, 2.05) is 30.3 Å². The number of fused-ring (bicyclic) bond motifs is 1. The fourth-order valence-electron chi connectivity index (χ4n) is 2.93. The predicted molar refractivity (Wildman–Crippen MR) is 88.4 cm³/mol. The highest BCUT2D eigenvalue weighted by molar-refractivity contribution is 5.89. The molecule has 3 rings (SSSR count). The van der Waals surface area contributed by atoms with Gasteiger partial charge in [-0.25, -0.2) is 4.79 Å². The topological polar surface area (TPSA) is 53.3 Å². The molecular weight excluding hydrogens is 288 g/mol. The summed E-state index contributed by atoms with van der Waals surface area (Å²) in [6.07, 6.45) is 1.71. The zero-order valence-corrected chi connectivity index (χ0v) is 12.9. The highest BCUT2D eigenvalue weighted by atomic mass is 16.5. The second-order valence-electron chi connectivity index (χ2n) is 5.52. The van der Waals surface area contributed by atoms with Gasteiger partial charge >= 0.3 is 5.97 Å². The molecule has 2 aromatic carbocycles. The number of para-hydroxylation sites is 1. The molecule has 0 atom stereocenters. The van der Waals surface area contributed by atoms with E-state index in [1.54, 1.807) is 12.1 Å². The smallest absolute Gasteiger partial charge is 0.338 e. The van der Waals surface area contributed by atoms with E-state index in [9.17, 15) is 10.1 Å². The average Bonchev–Trinajstić information content (AvgIpc) is 3.02. The van der Waals surface area contributed by atoms with Gasteiger partial charge in [-0.15, -0.1) is 0 Å². The SMILES string of the molecule is N#Cc1cccc2c1N(CCCOC(=O)c1ccccc1)CC2. The number of ether oxygens (including phenoxy) is 1. The van der Waals surface area contributed by atoms with Crippen molar-refractivity contribution in [2.75, 3.05) is 24.6 Å². The van der Waals surface area contributed by atoms with Crippen LogP contribution >= 0.6 is 0 Å². The molecule has 0 bridgehead atoms. The second-order valence-corrected chi connectivity index (χ2v) is 5.52. The van der Waals surface area contributed by atoms with E-state index in [1.165, 1.54) is 5.56 Å². The number of hydrogen-bond acceptors (Lipinski definition) is 4. The molecule has 2 aromatic rings. The van der Waals surface area contributed by atoms with Crippen LogP contribution in [0.4, 0.5) is 5.69 Å². The van der Waals surface area contributed by atoms with Gasteiger partial charge in [0, 0.05) is 13.1 Å². The normalized spacial score (nSPS) is 12.6. The standard InChI is InChI=1S/C19H18N2O2/c20-14-17-9-4-8-15-10-12-21(18(15)17)11-5-13-23-19(22)16-6-2-1-3-7-16/h1-4,6-9H,5,10-13H2. The van der Waals surface area contributed by atoms with Crippen molar-refractivity contribution in [3.63, 3.8) is 0 Å². The molecule has 0 amide bonds. The number of nitriles is 1. The van der Waals surface area contributed by atoms with Crippen LogP contribution in [-0.2, 0) is 11.2 Å². The fourth-order valence-corrected chi connectivity index (χ4v) is 2.93. The third-order valence-electron chi connectivity index (χ3n) is 4.02. The Hall–Kier alpha value is -2.80. The van der Waals surface area contributed by atoms with Crippen molar-refractivity contribution in [3.8, 4) is 6.07 Å². The van der Waals surface area contributed by atoms with Crippen LogP contribution in [0.5, 0.6) is 0 Å². The van der Waals surface area contributed by atoms with E-state index >= 15 is 0 Å². The number of esters is 1. The van der Waals surface area contributed by atoms with E-state index in [-0.39, 0.29) is 5.97 Å².